The summed E-state index contributed by atoms with van der Waals surface area (Å²) in [7, 11) is -3.37. The zero-order valence-corrected chi connectivity index (χ0v) is 10.4. The van der Waals surface area contributed by atoms with E-state index < -0.39 is 10.0 Å². The van der Waals surface area contributed by atoms with Gasteiger partial charge in [-0.2, -0.15) is 0 Å². The first-order valence-corrected chi connectivity index (χ1v) is 7.06. The molecule has 0 aliphatic rings. The van der Waals surface area contributed by atoms with E-state index >= 15 is 0 Å². The van der Waals surface area contributed by atoms with Gasteiger partial charge in [-0.25, -0.2) is 13.1 Å². The largest absolute Gasteiger partial charge is 0.364 e. The molecule has 0 amide bonds. The first-order valence-electron chi connectivity index (χ1n) is 4.76. The predicted molar refractivity (Wildman–Crippen MR) is 63.9 cm³/mol. The number of rotatable bonds is 4. The van der Waals surface area contributed by atoms with Crippen molar-refractivity contribution in [3.8, 4) is 0 Å². The molecule has 0 saturated heterocycles. The molecule has 0 atom stereocenters. The minimum atomic E-state index is -3.37. The van der Waals surface area contributed by atoms with Crippen LogP contribution in [0, 0.1) is 6.92 Å². The summed E-state index contributed by atoms with van der Waals surface area (Å²) in [5, 5.41) is 0. The Morgan fingerprint density at radius 1 is 1.38 bits per heavy atom. The van der Waals surface area contributed by atoms with Crippen LogP contribution in [0.5, 0.6) is 0 Å². The van der Waals surface area contributed by atoms with Crippen LogP contribution in [0.15, 0.2) is 34.7 Å². The molecule has 2 heterocycles. The number of nitrogens with one attached hydrogen (secondary N) is 2. The highest BCUT2D eigenvalue weighted by molar-refractivity contribution is 7.91. The third-order valence-electron chi connectivity index (χ3n) is 2.10. The van der Waals surface area contributed by atoms with Crippen LogP contribution in [-0.2, 0) is 16.6 Å². The number of thiophene rings is 1. The van der Waals surface area contributed by atoms with Crippen molar-refractivity contribution in [3.63, 3.8) is 0 Å². The molecule has 16 heavy (non-hydrogen) atoms. The van der Waals surface area contributed by atoms with Crippen LogP contribution >= 0.6 is 11.3 Å². The summed E-state index contributed by atoms with van der Waals surface area (Å²) in [4.78, 5) is 3.93. The quantitative estimate of drug-likeness (QED) is 0.877. The van der Waals surface area contributed by atoms with Gasteiger partial charge in [0.15, 0.2) is 0 Å². The second-order valence-electron chi connectivity index (χ2n) is 3.38. The number of hydrogen-bond donors (Lipinski definition) is 2. The minimum Gasteiger partial charge on any atom is -0.364 e. The normalized spacial score (nSPS) is 11.8. The van der Waals surface area contributed by atoms with E-state index in [-0.39, 0.29) is 6.54 Å². The molecule has 0 aliphatic heterocycles. The van der Waals surface area contributed by atoms with E-state index in [1.807, 2.05) is 19.1 Å². The number of aromatic nitrogens is 1. The van der Waals surface area contributed by atoms with Gasteiger partial charge >= 0.3 is 0 Å². The van der Waals surface area contributed by atoms with Crippen LogP contribution in [0.25, 0.3) is 0 Å². The average molecular weight is 256 g/mol. The summed E-state index contributed by atoms with van der Waals surface area (Å²) in [5.41, 5.74) is 0.844. The SMILES string of the molecule is Cc1ccc(S(=O)(=O)NCc2ccc[nH]2)s1. The van der Waals surface area contributed by atoms with Crippen LogP contribution in [0.4, 0.5) is 0 Å². The van der Waals surface area contributed by atoms with E-state index in [0.29, 0.717) is 4.21 Å². The maximum Gasteiger partial charge on any atom is 0.250 e. The van der Waals surface area contributed by atoms with Gasteiger partial charge in [0.2, 0.25) is 10.0 Å². The molecule has 4 nitrogen and oxygen atoms in total. The maximum absolute atomic E-state index is 11.8. The Kier molecular flexibility index (Phi) is 3.13. The molecule has 0 aliphatic carbocycles. The number of aryl methyl sites for hydroxylation is 1. The molecule has 2 aromatic heterocycles. The highest BCUT2D eigenvalue weighted by atomic mass is 32.2. The molecule has 2 N–H and O–H groups in total. The second kappa shape index (κ2) is 4.40. The van der Waals surface area contributed by atoms with Crippen molar-refractivity contribution < 1.29 is 8.42 Å². The third kappa shape index (κ3) is 2.52. The molecule has 0 spiro atoms. The van der Waals surface area contributed by atoms with Crippen molar-refractivity contribution in [1.29, 1.82) is 0 Å². The molecule has 86 valence electrons. The van der Waals surface area contributed by atoms with Crippen LogP contribution in [0.1, 0.15) is 10.6 Å². The Balaban J connectivity index is 2.09. The van der Waals surface area contributed by atoms with Crippen molar-refractivity contribution >= 4 is 21.4 Å². The van der Waals surface area contributed by atoms with Gasteiger partial charge in [0.25, 0.3) is 0 Å². The molecule has 6 heteroatoms. The standard InChI is InChI=1S/C10H12N2O2S2/c1-8-4-5-10(15-8)16(13,14)12-7-9-3-2-6-11-9/h2-6,11-12H,7H2,1H3. The first kappa shape index (κ1) is 11.4. The Morgan fingerprint density at radius 3 is 2.75 bits per heavy atom. The van der Waals surface area contributed by atoms with Crippen LogP contribution in [0.2, 0.25) is 0 Å². The summed E-state index contributed by atoms with van der Waals surface area (Å²) in [6.45, 7) is 2.17. The lowest BCUT2D eigenvalue weighted by molar-refractivity contribution is 0.583. The fraction of sp³-hybridized carbons (Fsp3) is 0.200. The first-order chi connectivity index (χ1) is 7.58. The summed E-state index contributed by atoms with van der Waals surface area (Å²) in [5.74, 6) is 0. The molecule has 0 unspecified atom stereocenters. The Bertz CT molecular complexity index is 555. The molecule has 2 aromatic rings. The van der Waals surface area contributed by atoms with Gasteiger partial charge < -0.3 is 4.98 Å². The zero-order chi connectivity index (χ0) is 11.6. The van der Waals surface area contributed by atoms with E-state index in [1.165, 1.54) is 11.3 Å². The summed E-state index contributed by atoms with van der Waals surface area (Å²) in [6, 6.07) is 7.09. The maximum atomic E-state index is 11.8. The molecular weight excluding hydrogens is 244 g/mol. The van der Waals surface area contributed by atoms with E-state index in [1.54, 1.807) is 18.3 Å². The third-order valence-corrected chi connectivity index (χ3v) is 4.99. The molecule has 0 aromatic carbocycles. The lowest BCUT2D eigenvalue weighted by Crippen LogP contribution is -2.22. The Morgan fingerprint density at radius 2 is 2.19 bits per heavy atom. The molecule has 0 saturated carbocycles. The molecule has 0 bridgehead atoms. The number of H-pyrrole nitrogens is 1. The van der Waals surface area contributed by atoms with Crippen LogP contribution in [0.3, 0.4) is 0 Å². The van der Waals surface area contributed by atoms with Gasteiger partial charge in [0.05, 0.1) is 6.54 Å². The minimum absolute atomic E-state index is 0.284. The topological polar surface area (TPSA) is 62.0 Å². The van der Waals surface area contributed by atoms with Crippen molar-refractivity contribution in [2.45, 2.75) is 17.7 Å². The van der Waals surface area contributed by atoms with Gasteiger partial charge in [0, 0.05) is 16.8 Å². The number of hydrogen-bond acceptors (Lipinski definition) is 3. The van der Waals surface area contributed by atoms with Gasteiger partial charge in [-0.1, -0.05) is 0 Å². The van der Waals surface area contributed by atoms with E-state index in [0.717, 1.165) is 10.6 Å². The smallest absolute Gasteiger partial charge is 0.250 e. The molecular formula is C10H12N2O2S2. The molecule has 2 rings (SSSR count). The van der Waals surface area contributed by atoms with Crippen LogP contribution < -0.4 is 4.72 Å². The fourth-order valence-electron chi connectivity index (χ4n) is 1.28. The number of sulfonamides is 1. The van der Waals surface area contributed by atoms with Crippen molar-refractivity contribution in [2.24, 2.45) is 0 Å². The average Bonchev–Trinajstić information content (AvgIpc) is 2.85. The van der Waals surface area contributed by atoms with E-state index in [2.05, 4.69) is 9.71 Å². The van der Waals surface area contributed by atoms with Crippen LogP contribution in [-0.4, -0.2) is 13.4 Å². The monoisotopic (exact) mass is 256 g/mol. The Hall–Kier alpha value is -1.11. The fourth-order valence-corrected chi connectivity index (χ4v) is 3.61. The molecule has 0 radical (unpaired) electrons. The summed E-state index contributed by atoms with van der Waals surface area (Å²) >= 11 is 1.27. The van der Waals surface area contributed by atoms with Gasteiger partial charge in [-0.05, 0) is 31.2 Å². The number of aromatic amines is 1. The van der Waals surface area contributed by atoms with Gasteiger partial charge in [-0.15, -0.1) is 11.3 Å². The van der Waals surface area contributed by atoms with Crippen molar-refractivity contribution in [1.82, 2.24) is 9.71 Å². The molecule has 0 fully saturated rings. The summed E-state index contributed by atoms with van der Waals surface area (Å²) in [6.07, 6.45) is 1.76. The second-order valence-corrected chi connectivity index (χ2v) is 6.67. The van der Waals surface area contributed by atoms with Gasteiger partial charge in [0.1, 0.15) is 4.21 Å². The Labute approximate surface area is 98.4 Å². The van der Waals surface area contributed by atoms with E-state index in [9.17, 15) is 8.42 Å². The van der Waals surface area contributed by atoms with Crippen molar-refractivity contribution in [3.05, 3.63) is 41.0 Å². The summed E-state index contributed by atoms with van der Waals surface area (Å²) < 4.78 is 26.6. The van der Waals surface area contributed by atoms with Gasteiger partial charge in [-0.3, -0.25) is 0 Å². The highest BCUT2D eigenvalue weighted by Gasteiger charge is 2.15. The van der Waals surface area contributed by atoms with E-state index in [4.69, 9.17) is 0 Å². The lowest BCUT2D eigenvalue weighted by atomic mass is 10.4. The van der Waals surface area contributed by atoms with Crippen molar-refractivity contribution in [2.75, 3.05) is 0 Å². The zero-order valence-electron chi connectivity index (χ0n) is 8.73. The predicted octanol–water partition coefficient (Wildman–Crippen LogP) is 1.86. The lowest BCUT2D eigenvalue weighted by Gasteiger charge is -2.02. The highest BCUT2D eigenvalue weighted by Crippen LogP contribution is 2.20.